The molecule has 0 fully saturated rings. The molecule has 2 aromatic rings. The standard InChI is InChI=1S/C19H25NO2Si/c1-19(2,3)23(22-15-14-18(20)21,16-10-6-4-7-11-16)17-12-8-5-9-13-17/h4-13H,14-15H2,1-3H3,(H2,20,21). The lowest BCUT2D eigenvalue weighted by Crippen LogP contribution is -2.66. The van der Waals surface area contributed by atoms with Crippen LogP contribution in [0.3, 0.4) is 0 Å². The highest BCUT2D eigenvalue weighted by atomic mass is 28.4. The Morgan fingerprint density at radius 1 is 0.957 bits per heavy atom. The first-order chi connectivity index (χ1) is 10.9. The normalized spacial score (nSPS) is 12.1. The Morgan fingerprint density at radius 2 is 1.39 bits per heavy atom. The van der Waals surface area contributed by atoms with Crippen LogP contribution in [0, 0.1) is 0 Å². The molecule has 2 rings (SSSR count). The van der Waals surface area contributed by atoms with E-state index in [0.29, 0.717) is 6.61 Å². The molecular weight excluding hydrogens is 302 g/mol. The van der Waals surface area contributed by atoms with Crippen molar-refractivity contribution in [2.75, 3.05) is 6.61 Å². The van der Waals surface area contributed by atoms with Gasteiger partial charge in [0.25, 0.3) is 8.32 Å². The molecule has 122 valence electrons. The summed E-state index contributed by atoms with van der Waals surface area (Å²) in [6.07, 6.45) is 0.241. The first-order valence-electron chi connectivity index (χ1n) is 7.91. The highest BCUT2D eigenvalue weighted by Gasteiger charge is 2.49. The van der Waals surface area contributed by atoms with Crippen LogP contribution in [0.15, 0.2) is 60.7 Å². The van der Waals surface area contributed by atoms with Crippen LogP contribution in [0.25, 0.3) is 0 Å². The zero-order valence-electron chi connectivity index (χ0n) is 14.1. The zero-order chi connectivity index (χ0) is 16.9. The minimum Gasteiger partial charge on any atom is -0.407 e. The number of carbonyl (C=O) groups excluding carboxylic acids is 1. The molecule has 0 aliphatic carbocycles. The lowest BCUT2D eigenvalue weighted by Gasteiger charge is -2.43. The van der Waals surface area contributed by atoms with Crippen molar-refractivity contribution in [2.45, 2.75) is 32.2 Å². The molecule has 2 aromatic carbocycles. The van der Waals surface area contributed by atoms with E-state index in [-0.39, 0.29) is 17.4 Å². The van der Waals surface area contributed by atoms with Crippen molar-refractivity contribution in [1.29, 1.82) is 0 Å². The quantitative estimate of drug-likeness (QED) is 0.829. The molecule has 0 bridgehead atoms. The van der Waals surface area contributed by atoms with Crippen molar-refractivity contribution in [1.82, 2.24) is 0 Å². The van der Waals surface area contributed by atoms with Gasteiger partial charge in [0.1, 0.15) is 0 Å². The molecule has 0 aliphatic heterocycles. The van der Waals surface area contributed by atoms with Gasteiger partial charge in [-0.2, -0.15) is 0 Å². The zero-order valence-corrected chi connectivity index (χ0v) is 15.1. The van der Waals surface area contributed by atoms with Gasteiger partial charge in [0.15, 0.2) is 0 Å². The fraction of sp³-hybridized carbons (Fsp3) is 0.316. The van der Waals surface area contributed by atoms with Gasteiger partial charge >= 0.3 is 0 Å². The maximum atomic E-state index is 11.2. The van der Waals surface area contributed by atoms with Gasteiger partial charge in [0.05, 0.1) is 0 Å². The summed E-state index contributed by atoms with van der Waals surface area (Å²) < 4.78 is 6.52. The molecule has 0 aromatic heterocycles. The number of rotatable bonds is 6. The maximum Gasteiger partial charge on any atom is 0.261 e. The average Bonchev–Trinajstić information content (AvgIpc) is 2.52. The second kappa shape index (κ2) is 7.11. The van der Waals surface area contributed by atoms with E-state index in [9.17, 15) is 4.79 Å². The van der Waals surface area contributed by atoms with Crippen LogP contribution >= 0.6 is 0 Å². The summed E-state index contributed by atoms with van der Waals surface area (Å²) in [7, 11) is -2.52. The molecule has 0 heterocycles. The third kappa shape index (κ3) is 3.71. The van der Waals surface area contributed by atoms with Gasteiger partial charge in [0.2, 0.25) is 5.91 Å². The van der Waals surface area contributed by atoms with Gasteiger partial charge in [-0.3, -0.25) is 4.79 Å². The van der Waals surface area contributed by atoms with Crippen molar-refractivity contribution < 1.29 is 9.22 Å². The maximum absolute atomic E-state index is 11.2. The predicted octanol–water partition coefficient (Wildman–Crippen LogP) is 2.44. The second-order valence-electron chi connectivity index (χ2n) is 6.73. The van der Waals surface area contributed by atoms with E-state index < -0.39 is 8.32 Å². The summed E-state index contributed by atoms with van der Waals surface area (Å²) in [4.78, 5) is 11.2. The number of nitrogens with two attached hydrogens (primary N) is 1. The largest absolute Gasteiger partial charge is 0.407 e. The monoisotopic (exact) mass is 327 g/mol. The van der Waals surface area contributed by atoms with E-state index in [1.165, 1.54) is 10.4 Å². The van der Waals surface area contributed by atoms with E-state index in [4.69, 9.17) is 10.2 Å². The second-order valence-corrected chi connectivity index (χ2v) is 11.0. The van der Waals surface area contributed by atoms with Crippen LogP contribution in [-0.2, 0) is 9.22 Å². The van der Waals surface area contributed by atoms with Crippen molar-refractivity contribution in [2.24, 2.45) is 5.73 Å². The van der Waals surface area contributed by atoms with Crippen LogP contribution in [0.4, 0.5) is 0 Å². The lowest BCUT2D eigenvalue weighted by molar-refractivity contribution is -0.118. The van der Waals surface area contributed by atoms with Gasteiger partial charge in [-0.05, 0) is 15.4 Å². The van der Waals surface area contributed by atoms with E-state index in [1.807, 2.05) is 36.4 Å². The molecule has 2 N–H and O–H groups in total. The molecule has 0 unspecified atom stereocenters. The van der Waals surface area contributed by atoms with E-state index in [1.54, 1.807) is 0 Å². The van der Waals surface area contributed by atoms with Gasteiger partial charge in [-0.15, -0.1) is 0 Å². The van der Waals surface area contributed by atoms with E-state index >= 15 is 0 Å². The van der Waals surface area contributed by atoms with E-state index in [2.05, 4.69) is 45.0 Å². The first kappa shape index (κ1) is 17.4. The minimum atomic E-state index is -2.52. The van der Waals surface area contributed by atoms with Crippen LogP contribution < -0.4 is 16.1 Å². The summed E-state index contributed by atoms with van der Waals surface area (Å²) in [6, 6.07) is 20.7. The van der Waals surface area contributed by atoms with Crippen molar-refractivity contribution in [3.63, 3.8) is 0 Å². The van der Waals surface area contributed by atoms with Crippen molar-refractivity contribution in [3.8, 4) is 0 Å². The number of amides is 1. The van der Waals surface area contributed by atoms with Gasteiger partial charge in [-0.25, -0.2) is 0 Å². The van der Waals surface area contributed by atoms with Gasteiger partial charge < -0.3 is 10.2 Å². The number of benzene rings is 2. The highest BCUT2D eigenvalue weighted by molar-refractivity contribution is 6.99. The molecule has 0 saturated carbocycles. The molecule has 23 heavy (non-hydrogen) atoms. The smallest absolute Gasteiger partial charge is 0.261 e. The Balaban J connectivity index is 2.57. The molecule has 0 saturated heterocycles. The number of hydrogen-bond donors (Lipinski definition) is 1. The third-order valence-electron chi connectivity index (χ3n) is 4.08. The molecule has 0 radical (unpaired) electrons. The number of hydrogen-bond acceptors (Lipinski definition) is 2. The third-order valence-corrected chi connectivity index (χ3v) is 9.13. The Bertz CT molecular complexity index is 596. The van der Waals surface area contributed by atoms with Gasteiger partial charge in [-0.1, -0.05) is 81.4 Å². The fourth-order valence-corrected chi connectivity index (χ4v) is 7.63. The number of carbonyl (C=O) groups is 1. The average molecular weight is 328 g/mol. The van der Waals surface area contributed by atoms with Crippen LogP contribution in [0.5, 0.6) is 0 Å². The highest BCUT2D eigenvalue weighted by Crippen LogP contribution is 2.36. The van der Waals surface area contributed by atoms with Gasteiger partial charge in [0, 0.05) is 13.0 Å². The van der Waals surface area contributed by atoms with Crippen LogP contribution in [0.2, 0.25) is 5.04 Å². The molecule has 0 spiro atoms. The summed E-state index contributed by atoms with van der Waals surface area (Å²) in [6.45, 7) is 6.99. The summed E-state index contributed by atoms with van der Waals surface area (Å²) in [5, 5.41) is 2.35. The van der Waals surface area contributed by atoms with E-state index in [0.717, 1.165) is 0 Å². The summed E-state index contributed by atoms with van der Waals surface area (Å²) in [5.41, 5.74) is 5.30. The molecule has 1 amide bonds. The topological polar surface area (TPSA) is 52.3 Å². The molecule has 4 heteroatoms. The molecule has 3 nitrogen and oxygen atoms in total. The number of primary amides is 1. The SMILES string of the molecule is CC(C)(C)[Si](OCCC(N)=O)(c1ccccc1)c1ccccc1. The lowest BCUT2D eigenvalue weighted by atomic mass is 10.2. The van der Waals surface area contributed by atoms with Crippen LogP contribution in [0.1, 0.15) is 27.2 Å². The summed E-state index contributed by atoms with van der Waals surface area (Å²) in [5.74, 6) is -0.331. The van der Waals surface area contributed by atoms with Crippen molar-refractivity contribution in [3.05, 3.63) is 60.7 Å². The summed E-state index contributed by atoms with van der Waals surface area (Å²) >= 11 is 0. The first-order valence-corrected chi connectivity index (χ1v) is 9.82. The van der Waals surface area contributed by atoms with Crippen molar-refractivity contribution >= 4 is 24.6 Å². The fourth-order valence-electron chi connectivity index (χ4n) is 3.07. The Labute approximate surface area is 139 Å². The van der Waals surface area contributed by atoms with Crippen LogP contribution in [-0.4, -0.2) is 20.8 Å². The predicted molar refractivity (Wildman–Crippen MR) is 97.4 cm³/mol. The Hall–Kier alpha value is -1.91. The molecule has 0 atom stereocenters. The Kier molecular flexibility index (Phi) is 5.39. The Morgan fingerprint density at radius 3 is 1.74 bits per heavy atom. The minimum absolute atomic E-state index is 0.0760. The molecular formula is C19H25NO2Si. The molecule has 0 aliphatic rings.